The zero-order valence-electron chi connectivity index (χ0n) is 8.87. The largest absolute Gasteiger partial charge is 0.388 e. The molecule has 1 atom stereocenters. The van der Waals surface area contributed by atoms with Crippen LogP contribution in [0.3, 0.4) is 0 Å². The summed E-state index contributed by atoms with van der Waals surface area (Å²) in [5, 5.41) is 13.8. The zero-order valence-corrected chi connectivity index (χ0v) is 8.87. The molecule has 1 fully saturated rings. The number of hydrogen-bond acceptors (Lipinski definition) is 2. The fourth-order valence-electron chi connectivity index (χ4n) is 2.73. The molecule has 1 aliphatic heterocycles. The number of hydrogen-bond donors (Lipinski definition) is 2. The van der Waals surface area contributed by atoms with E-state index in [1.807, 2.05) is 0 Å². The minimum absolute atomic E-state index is 0.265. The average Bonchev–Trinajstić information content (AvgIpc) is 2.25. The van der Waals surface area contributed by atoms with Crippen molar-refractivity contribution in [3.63, 3.8) is 0 Å². The van der Waals surface area contributed by atoms with E-state index in [9.17, 15) is 5.11 Å². The fraction of sp³-hybridized carbons (Fsp3) is 0.538. The lowest BCUT2D eigenvalue weighted by molar-refractivity contribution is -0.0516. The van der Waals surface area contributed by atoms with Gasteiger partial charge < -0.3 is 10.4 Å². The molecule has 2 aliphatic rings. The van der Waals surface area contributed by atoms with E-state index in [-0.39, 0.29) is 6.04 Å². The minimum atomic E-state index is -0.423. The van der Waals surface area contributed by atoms with E-state index in [1.165, 1.54) is 17.7 Å². The van der Waals surface area contributed by atoms with Crippen LogP contribution < -0.4 is 5.32 Å². The highest BCUT2D eigenvalue weighted by Gasteiger charge is 2.43. The number of fused-ring (bicyclic) bond motifs is 1. The van der Waals surface area contributed by atoms with Crippen molar-refractivity contribution in [3.8, 4) is 0 Å². The molecule has 0 bridgehead atoms. The molecule has 0 saturated heterocycles. The van der Waals surface area contributed by atoms with Gasteiger partial charge >= 0.3 is 0 Å². The average molecular weight is 203 g/mol. The smallest absolute Gasteiger partial charge is 0.0847 e. The summed E-state index contributed by atoms with van der Waals surface area (Å²) in [5.41, 5.74) is 2.18. The van der Waals surface area contributed by atoms with Gasteiger partial charge in [-0.15, -0.1) is 0 Å². The Kier molecular flexibility index (Phi) is 1.99. The minimum Gasteiger partial charge on any atom is -0.388 e. The molecular weight excluding hydrogens is 186 g/mol. The molecule has 0 radical (unpaired) electrons. The first kappa shape index (κ1) is 9.22. The fourth-order valence-corrected chi connectivity index (χ4v) is 2.73. The molecule has 1 aromatic carbocycles. The number of rotatable bonds is 1. The van der Waals surface area contributed by atoms with Gasteiger partial charge in [0.2, 0.25) is 0 Å². The Hall–Kier alpha value is -1.02. The summed E-state index contributed by atoms with van der Waals surface area (Å²) >= 11 is 0. The lowest BCUT2D eigenvalue weighted by atomic mass is 9.72. The van der Waals surface area contributed by atoms with Crippen LogP contribution in [0.25, 0.3) is 0 Å². The van der Waals surface area contributed by atoms with Gasteiger partial charge in [-0.05, 0) is 43.7 Å². The standard InChI is InChI=1S/C13H17NO/c15-13(8-3-9-13)12-7-6-10-4-1-2-5-11(10)14-12/h1-2,4-5,12,14-15H,3,6-9H2. The Morgan fingerprint density at radius 2 is 2.07 bits per heavy atom. The predicted octanol–water partition coefficient (Wildman–Crippen LogP) is 2.33. The van der Waals surface area contributed by atoms with Crippen LogP contribution in [0.5, 0.6) is 0 Å². The van der Waals surface area contributed by atoms with Crippen molar-refractivity contribution in [2.24, 2.45) is 0 Å². The molecule has 3 rings (SSSR count). The van der Waals surface area contributed by atoms with Crippen LogP contribution in [0.1, 0.15) is 31.2 Å². The molecule has 1 aliphatic carbocycles. The zero-order chi connectivity index (χ0) is 10.3. The van der Waals surface area contributed by atoms with E-state index in [2.05, 4.69) is 29.6 Å². The second-order valence-corrected chi connectivity index (χ2v) is 4.85. The van der Waals surface area contributed by atoms with Crippen molar-refractivity contribution in [3.05, 3.63) is 29.8 Å². The third kappa shape index (κ3) is 1.44. The van der Waals surface area contributed by atoms with Gasteiger partial charge in [0.1, 0.15) is 0 Å². The molecule has 0 aromatic heterocycles. The highest BCUT2D eigenvalue weighted by Crippen LogP contribution is 2.40. The van der Waals surface area contributed by atoms with Crippen molar-refractivity contribution in [2.45, 2.75) is 43.7 Å². The van der Waals surface area contributed by atoms with Crippen molar-refractivity contribution in [1.82, 2.24) is 0 Å². The molecule has 0 spiro atoms. The molecule has 1 saturated carbocycles. The summed E-state index contributed by atoms with van der Waals surface area (Å²) < 4.78 is 0. The first-order chi connectivity index (χ1) is 7.28. The number of aliphatic hydroxyl groups is 1. The Labute approximate surface area is 90.3 Å². The van der Waals surface area contributed by atoms with Crippen LogP contribution >= 0.6 is 0 Å². The molecule has 2 heteroatoms. The highest BCUT2D eigenvalue weighted by atomic mass is 16.3. The maximum Gasteiger partial charge on any atom is 0.0847 e. The quantitative estimate of drug-likeness (QED) is 0.734. The van der Waals surface area contributed by atoms with Gasteiger partial charge in [0.15, 0.2) is 0 Å². The van der Waals surface area contributed by atoms with Gasteiger partial charge in [0, 0.05) is 5.69 Å². The normalized spacial score (nSPS) is 27.4. The Morgan fingerprint density at radius 3 is 2.80 bits per heavy atom. The first-order valence-electron chi connectivity index (χ1n) is 5.85. The molecule has 2 nitrogen and oxygen atoms in total. The van der Waals surface area contributed by atoms with Gasteiger partial charge in [0.05, 0.1) is 11.6 Å². The van der Waals surface area contributed by atoms with Crippen LogP contribution in [0.2, 0.25) is 0 Å². The summed E-state index contributed by atoms with van der Waals surface area (Å²) in [7, 11) is 0. The van der Waals surface area contributed by atoms with Crippen molar-refractivity contribution >= 4 is 5.69 Å². The van der Waals surface area contributed by atoms with Crippen molar-refractivity contribution < 1.29 is 5.11 Å². The molecule has 0 amide bonds. The molecule has 1 aromatic rings. The number of benzene rings is 1. The number of aryl methyl sites for hydroxylation is 1. The lowest BCUT2D eigenvalue weighted by Crippen LogP contribution is -2.53. The predicted molar refractivity (Wildman–Crippen MR) is 61.0 cm³/mol. The summed E-state index contributed by atoms with van der Waals surface area (Å²) in [5.74, 6) is 0. The monoisotopic (exact) mass is 203 g/mol. The van der Waals surface area contributed by atoms with E-state index in [1.54, 1.807) is 0 Å². The van der Waals surface area contributed by atoms with Gasteiger partial charge in [-0.1, -0.05) is 18.2 Å². The molecule has 15 heavy (non-hydrogen) atoms. The maximum absolute atomic E-state index is 10.3. The Morgan fingerprint density at radius 1 is 1.27 bits per heavy atom. The van der Waals surface area contributed by atoms with Crippen LogP contribution in [-0.4, -0.2) is 16.7 Å². The number of para-hydroxylation sites is 1. The van der Waals surface area contributed by atoms with Crippen LogP contribution in [-0.2, 0) is 6.42 Å². The topological polar surface area (TPSA) is 32.3 Å². The summed E-state index contributed by atoms with van der Waals surface area (Å²) in [6, 6.07) is 8.69. The van der Waals surface area contributed by atoms with Gasteiger partial charge in [-0.2, -0.15) is 0 Å². The van der Waals surface area contributed by atoms with Crippen LogP contribution in [0, 0.1) is 0 Å². The molecule has 1 unspecified atom stereocenters. The van der Waals surface area contributed by atoms with Crippen LogP contribution in [0.15, 0.2) is 24.3 Å². The molecule has 2 N–H and O–H groups in total. The van der Waals surface area contributed by atoms with Gasteiger partial charge in [0.25, 0.3) is 0 Å². The summed E-state index contributed by atoms with van der Waals surface area (Å²) in [6.07, 6.45) is 5.26. The molecular formula is C13H17NO. The van der Waals surface area contributed by atoms with E-state index in [4.69, 9.17) is 0 Å². The second kappa shape index (κ2) is 3.24. The van der Waals surface area contributed by atoms with E-state index in [0.29, 0.717) is 0 Å². The van der Waals surface area contributed by atoms with Gasteiger partial charge in [-0.3, -0.25) is 0 Å². The first-order valence-corrected chi connectivity index (χ1v) is 5.85. The number of nitrogens with one attached hydrogen (secondary N) is 1. The SMILES string of the molecule is OC1(C2CCc3ccccc3N2)CCC1. The van der Waals surface area contributed by atoms with E-state index in [0.717, 1.165) is 25.7 Å². The summed E-state index contributed by atoms with van der Waals surface area (Å²) in [4.78, 5) is 0. The Balaban J connectivity index is 1.83. The van der Waals surface area contributed by atoms with Crippen molar-refractivity contribution in [1.29, 1.82) is 0 Å². The maximum atomic E-state index is 10.3. The number of anilines is 1. The van der Waals surface area contributed by atoms with E-state index < -0.39 is 5.60 Å². The third-order valence-corrected chi connectivity index (χ3v) is 3.92. The summed E-state index contributed by atoms with van der Waals surface area (Å²) in [6.45, 7) is 0. The van der Waals surface area contributed by atoms with Crippen LogP contribution in [0.4, 0.5) is 5.69 Å². The highest BCUT2D eigenvalue weighted by molar-refractivity contribution is 5.54. The van der Waals surface area contributed by atoms with Gasteiger partial charge in [-0.25, -0.2) is 0 Å². The Bertz CT molecular complexity index is 371. The third-order valence-electron chi connectivity index (χ3n) is 3.92. The lowest BCUT2D eigenvalue weighted by Gasteiger charge is -2.45. The second-order valence-electron chi connectivity index (χ2n) is 4.85. The van der Waals surface area contributed by atoms with Crippen molar-refractivity contribution in [2.75, 3.05) is 5.32 Å². The van der Waals surface area contributed by atoms with E-state index >= 15 is 0 Å². The molecule has 1 heterocycles. The molecule has 80 valence electrons.